The number of carbonyl (C=O) groups is 1. The third-order valence-corrected chi connectivity index (χ3v) is 5.43. The van der Waals surface area contributed by atoms with Gasteiger partial charge in [-0.2, -0.15) is 17.4 Å². The molecule has 114 valence electrons. The van der Waals surface area contributed by atoms with Gasteiger partial charge in [-0.15, -0.1) is 0 Å². The largest absolute Gasteiger partial charge is 0.491 e. The number of rotatable bonds is 4. The second-order valence-electron chi connectivity index (χ2n) is 5.13. The molecule has 0 saturated carbocycles. The average molecular weight is 312 g/mol. The average Bonchev–Trinajstić information content (AvgIpc) is 3.06. The Morgan fingerprint density at radius 3 is 2.90 bits per heavy atom. The topological polar surface area (TPSA) is 95.9 Å². The van der Waals surface area contributed by atoms with Gasteiger partial charge in [0.25, 0.3) is 10.2 Å². The highest BCUT2D eigenvalue weighted by atomic mass is 32.2. The number of carboxylic acid groups (broad SMARTS) is 1. The number of fused-ring (bicyclic) bond motifs is 1. The molecule has 0 amide bonds. The van der Waals surface area contributed by atoms with E-state index < -0.39 is 28.3 Å². The molecule has 2 aliphatic rings. The van der Waals surface area contributed by atoms with Gasteiger partial charge in [0.15, 0.2) is 0 Å². The molecule has 0 radical (unpaired) electrons. The molecule has 0 bridgehead atoms. The van der Waals surface area contributed by atoms with Crippen molar-refractivity contribution in [3.05, 3.63) is 29.8 Å². The Kier molecular flexibility index (Phi) is 3.60. The Morgan fingerprint density at radius 1 is 1.38 bits per heavy atom. The number of hydrogen-bond acceptors (Lipinski definition) is 4. The molecule has 1 aromatic rings. The summed E-state index contributed by atoms with van der Waals surface area (Å²) in [5.41, 5.74) is 0.771. The van der Waals surface area contributed by atoms with Crippen molar-refractivity contribution in [3.8, 4) is 5.75 Å². The van der Waals surface area contributed by atoms with Crippen LogP contribution in [0.5, 0.6) is 5.75 Å². The van der Waals surface area contributed by atoms with Crippen molar-refractivity contribution in [2.75, 3.05) is 13.2 Å². The van der Waals surface area contributed by atoms with Crippen molar-refractivity contribution in [2.24, 2.45) is 0 Å². The normalized spacial score (nSPS) is 25.5. The number of para-hydroxylation sites is 1. The van der Waals surface area contributed by atoms with Crippen LogP contribution in [0.4, 0.5) is 0 Å². The predicted octanol–water partition coefficient (Wildman–Crippen LogP) is 0.504. The van der Waals surface area contributed by atoms with E-state index in [4.69, 9.17) is 9.84 Å². The van der Waals surface area contributed by atoms with E-state index in [0.29, 0.717) is 18.6 Å². The van der Waals surface area contributed by atoms with E-state index >= 15 is 0 Å². The maximum absolute atomic E-state index is 12.4. The maximum atomic E-state index is 12.4. The maximum Gasteiger partial charge on any atom is 0.322 e. The summed E-state index contributed by atoms with van der Waals surface area (Å²) in [6.45, 7) is 0.436. The first-order chi connectivity index (χ1) is 9.99. The van der Waals surface area contributed by atoms with Gasteiger partial charge in [0, 0.05) is 12.1 Å². The number of carboxylic acids is 1. The summed E-state index contributed by atoms with van der Waals surface area (Å²) in [6, 6.07) is 5.73. The van der Waals surface area contributed by atoms with Gasteiger partial charge in [-0.05, 0) is 18.9 Å². The van der Waals surface area contributed by atoms with E-state index in [1.807, 2.05) is 12.1 Å². The van der Waals surface area contributed by atoms with Gasteiger partial charge >= 0.3 is 5.97 Å². The fourth-order valence-electron chi connectivity index (χ4n) is 2.78. The SMILES string of the molecule is O=C(O)[C@@H]1CCCN1S(=O)(=O)NC1COc2ccccc21. The minimum Gasteiger partial charge on any atom is -0.491 e. The van der Waals surface area contributed by atoms with E-state index in [9.17, 15) is 13.2 Å². The minimum absolute atomic E-state index is 0.212. The molecule has 2 aliphatic heterocycles. The van der Waals surface area contributed by atoms with Gasteiger partial charge in [0.2, 0.25) is 0 Å². The molecule has 0 aliphatic carbocycles. The Hall–Kier alpha value is -1.64. The summed E-state index contributed by atoms with van der Waals surface area (Å²) in [4.78, 5) is 11.1. The Bertz CT molecular complexity index is 660. The lowest BCUT2D eigenvalue weighted by atomic mass is 10.1. The molecular formula is C13H16N2O5S. The summed E-state index contributed by atoms with van der Waals surface area (Å²) in [6.07, 6.45) is 0.892. The zero-order valence-electron chi connectivity index (χ0n) is 11.2. The molecule has 1 aromatic carbocycles. The monoisotopic (exact) mass is 312 g/mol. The summed E-state index contributed by atoms with van der Waals surface area (Å²) >= 11 is 0. The summed E-state index contributed by atoms with van der Waals surface area (Å²) in [5.74, 6) is -0.456. The lowest BCUT2D eigenvalue weighted by Crippen LogP contribution is -2.47. The quantitative estimate of drug-likeness (QED) is 0.844. The van der Waals surface area contributed by atoms with Crippen molar-refractivity contribution in [1.29, 1.82) is 0 Å². The number of ether oxygens (including phenoxy) is 1. The van der Waals surface area contributed by atoms with Gasteiger partial charge in [-0.3, -0.25) is 4.79 Å². The second kappa shape index (κ2) is 5.28. The van der Waals surface area contributed by atoms with E-state index in [0.717, 1.165) is 9.87 Å². The molecule has 1 saturated heterocycles. The molecule has 2 N–H and O–H groups in total. The second-order valence-corrected chi connectivity index (χ2v) is 6.79. The van der Waals surface area contributed by atoms with E-state index in [1.54, 1.807) is 12.1 Å². The van der Waals surface area contributed by atoms with Crippen molar-refractivity contribution in [1.82, 2.24) is 9.03 Å². The summed E-state index contributed by atoms with van der Waals surface area (Å²) in [7, 11) is -3.86. The standard InChI is InChI=1S/C13H16N2O5S/c16-13(17)11-5-3-7-15(11)21(18,19)14-10-8-20-12-6-2-1-4-9(10)12/h1-2,4,6,10-11,14H,3,5,7-8H2,(H,16,17)/t10?,11-/m0/s1. The van der Waals surface area contributed by atoms with Crippen molar-refractivity contribution >= 4 is 16.2 Å². The molecule has 0 aromatic heterocycles. The van der Waals surface area contributed by atoms with Crippen LogP contribution in [0.2, 0.25) is 0 Å². The van der Waals surface area contributed by atoms with Crippen LogP contribution in [-0.2, 0) is 15.0 Å². The van der Waals surface area contributed by atoms with Crippen molar-refractivity contribution in [3.63, 3.8) is 0 Å². The third kappa shape index (κ3) is 2.61. The smallest absolute Gasteiger partial charge is 0.322 e. The fourth-order valence-corrected chi connectivity index (χ4v) is 4.37. The molecule has 2 heterocycles. The van der Waals surface area contributed by atoms with E-state index in [-0.39, 0.29) is 13.2 Å². The molecule has 7 nitrogen and oxygen atoms in total. The first-order valence-corrected chi connectivity index (χ1v) is 8.16. The molecule has 21 heavy (non-hydrogen) atoms. The van der Waals surface area contributed by atoms with Crippen LogP contribution in [-0.4, -0.2) is 43.0 Å². The highest BCUT2D eigenvalue weighted by molar-refractivity contribution is 7.87. The molecule has 8 heteroatoms. The first-order valence-electron chi connectivity index (χ1n) is 6.72. The van der Waals surface area contributed by atoms with Crippen LogP contribution >= 0.6 is 0 Å². The van der Waals surface area contributed by atoms with Crippen LogP contribution in [0.1, 0.15) is 24.4 Å². The van der Waals surface area contributed by atoms with Crippen LogP contribution < -0.4 is 9.46 Å². The zero-order valence-corrected chi connectivity index (χ0v) is 12.0. The van der Waals surface area contributed by atoms with Gasteiger partial charge in [0.05, 0.1) is 6.04 Å². The van der Waals surface area contributed by atoms with E-state index in [1.165, 1.54) is 0 Å². The van der Waals surface area contributed by atoms with Gasteiger partial charge < -0.3 is 9.84 Å². The molecule has 1 unspecified atom stereocenters. The predicted molar refractivity (Wildman–Crippen MR) is 74.1 cm³/mol. The zero-order chi connectivity index (χ0) is 15.0. The number of hydrogen-bond donors (Lipinski definition) is 2. The van der Waals surface area contributed by atoms with Crippen LogP contribution in [0, 0.1) is 0 Å². The Labute approximate surface area is 122 Å². The highest BCUT2D eigenvalue weighted by Gasteiger charge is 2.40. The molecule has 1 fully saturated rings. The number of nitrogens with one attached hydrogen (secondary N) is 1. The van der Waals surface area contributed by atoms with Gasteiger partial charge in [0.1, 0.15) is 18.4 Å². The molecule has 2 atom stereocenters. The Balaban J connectivity index is 1.80. The third-order valence-electron chi connectivity index (χ3n) is 3.79. The number of benzene rings is 1. The van der Waals surface area contributed by atoms with Crippen molar-refractivity contribution in [2.45, 2.75) is 24.9 Å². The van der Waals surface area contributed by atoms with Gasteiger partial charge in [-0.25, -0.2) is 0 Å². The first kappa shape index (κ1) is 14.3. The minimum atomic E-state index is -3.86. The summed E-state index contributed by atoms with van der Waals surface area (Å²) in [5, 5.41) is 9.11. The number of aliphatic carboxylic acids is 1. The summed E-state index contributed by atoms with van der Waals surface area (Å²) < 4.78 is 33.8. The lowest BCUT2D eigenvalue weighted by molar-refractivity contribution is -0.140. The van der Waals surface area contributed by atoms with Crippen LogP contribution in [0.25, 0.3) is 0 Å². The molecular weight excluding hydrogens is 296 g/mol. The van der Waals surface area contributed by atoms with Crippen LogP contribution in [0.3, 0.4) is 0 Å². The molecule has 0 spiro atoms. The van der Waals surface area contributed by atoms with E-state index in [2.05, 4.69) is 4.72 Å². The van der Waals surface area contributed by atoms with Gasteiger partial charge in [-0.1, -0.05) is 18.2 Å². The Morgan fingerprint density at radius 2 is 2.14 bits per heavy atom. The van der Waals surface area contributed by atoms with Crippen LogP contribution in [0.15, 0.2) is 24.3 Å². The highest BCUT2D eigenvalue weighted by Crippen LogP contribution is 2.33. The number of nitrogens with zero attached hydrogens (tertiary/aromatic N) is 1. The molecule has 3 rings (SSSR count). The van der Waals surface area contributed by atoms with Crippen molar-refractivity contribution < 1.29 is 23.1 Å². The fraction of sp³-hybridized carbons (Fsp3) is 0.462. The lowest BCUT2D eigenvalue weighted by Gasteiger charge is -2.23.